The van der Waals surface area contributed by atoms with Crippen LogP contribution in [0.25, 0.3) is 0 Å². The predicted molar refractivity (Wildman–Crippen MR) is 81.9 cm³/mol. The number of nitrogens with zero attached hydrogens (tertiary/aromatic N) is 1. The van der Waals surface area contributed by atoms with Gasteiger partial charge in [0.1, 0.15) is 0 Å². The summed E-state index contributed by atoms with van der Waals surface area (Å²) in [5.74, 6) is -0.109. The summed E-state index contributed by atoms with van der Waals surface area (Å²) in [5, 5.41) is 6.99. The van der Waals surface area contributed by atoms with Crippen LogP contribution in [0.2, 0.25) is 0 Å². The summed E-state index contributed by atoms with van der Waals surface area (Å²) in [5.41, 5.74) is 6.72. The first-order valence-corrected chi connectivity index (χ1v) is 6.18. The van der Waals surface area contributed by atoms with E-state index in [1.807, 2.05) is 19.5 Å². The Labute approximate surface area is 125 Å². The number of nitrogens with one attached hydrogen (secondary N) is 1. The predicted octanol–water partition coefficient (Wildman–Crippen LogP) is 1.66. The molecule has 1 heterocycles. The van der Waals surface area contributed by atoms with Crippen LogP contribution in [0.15, 0.2) is 16.8 Å². The number of nitrogens with two attached hydrogens (primary N) is 1. The van der Waals surface area contributed by atoms with Crippen molar-refractivity contribution in [3.05, 3.63) is 22.4 Å². The lowest BCUT2D eigenvalue weighted by atomic mass is 10.1. The van der Waals surface area contributed by atoms with Crippen LogP contribution in [-0.2, 0) is 4.79 Å². The minimum atomic E-state index is -0.453. The van der Waals surface area contributed by atoms with E-state index < -0.39 is 6.04 Å². The highest BCUT2D eigenvalue weighted by Gasteiger charge is 2.16. The van der Waals surface area contributed by atoms with Gasteiger partial charge in [0.2, 0.25) is 5.91 Å². The number of carbonyl (C=O) groups is 1. The molecule has 4 nitrogen and oxygen atoms in total. The zero-order valence-corrected chi connectivity index (χ0v) is 13.2. The maximum absolute atomic E-state index is 11.4. The standard InChI is InChI=1S/C11H19N3OS.2ClH/c1-8(12)11(15)13-6-10(14(2)3)9-4-5-16-7-9;;/h4-5,7-8,10H,6,12H2,1-3H3,(H,13,15);2*1H. The molecule has 1 amide bonds. The molecule has 0 aromatic carbocycles. The van der Waals surface area contributed by atoms with Crippen molar-refractivity contribution in [3.63, 3.8) is 0 Å². The molecule has 2 atom stereocenters. The molecule has 1 rings (SSSR count). The van der Waals surface area contributed by atoms with Crippen LogP contribution in [-0.4, -0.2) is 37.5 Å². The molecule has 3 N–H and O–H groups in total. The van der Waals surface area contributed by atoms with E-state index in [9.17, 15) is 4.79 Å². The fraction of sp³-hybridized carbons (Fsp3) is 0.545. The summed E-state index contributed by atoms with van der Waals surface area (Å²) in [6, 6.07) is 1.83. The second-order valence-electron chi connectivity index (χ2n) is 4.07. The highest BCUT2D eigenvalue weighted by molar-refractivity contribution is 7.07. The Bertz CT molecular complexity index is 331. The third kappa shape index (κ3) is 6.02. The van der Waals surface area contributed by atoms with Crippen molar-refractivity contribution >= 4 is 42.1 Å². The molecule has 1 aromatic heterocycles. The van der Waals surface area contributed by atoms with E-state index in [-0.39, 0.29) is 36.8 Å². The Balaban J connectivity index is 0. The third-order valence-electron chi connectivity index (χ3n) is 2.43. The van der Waals surface area contributed by atoms with E-state index >= 15 is 0 Å². The molecule has 0 aliphatic heterocycles. The summed E-state index contributed by atoms with van der Waals surface area (Å²) in [6.45, 7) is 2.27. The van der Waals surface area contributed by atoms with Crippen LogP contribution in [0.1, 0.15) is 18.5 Å². The van der Waals surface area contributed by atoms with Gasteiger partial charge in [-0.1, -0.05) is 0 Å². The average Bonchev–Trinajstić information content (AvgIpc) is 2.70. The monoisotopic (exact) mass is 313 g/mol. The molecule has 0 aliphatic carbocycles. The van der Waals surface area contributed by atoms with E-state index in [1.165, 1.54) is 5.56 Å². The maximum atomic E-state index is 11.4. The lowest BCUT2D eigenvalue weighted by molar-refractivity contribution is -0.122. The number of amides is 1. The van der Waals surface area contributed by atoms with Gasteiger partial charge in [-0.2, -0.15) is 11.3 Å². The first kappa shape index (κ1) is 20.0. The number of thiophene rings is 1. The van der Waals surface area contributed by atoms with Crippen LogP contribution in [0, 0.1) is 0 Å². The van der Waals surface area contributed by atoms with Gasteiger partial charge in [-0.3, -0.25) is 4.79 Å². The van der Waals surface area contributed by atoms with Gasteiger partial charge in [-0.15, -0.1) is 24.8 Å². The van der Waals surface area contributed by atoms with Crippen molar-refractivity contribution in [2.45, 2.75) is 19.0 Å². The van der Waals surface area contributed by atoms with Crippen molar-refractivity contribution in [1.82, 2.24) is 10.2 Å². The number of rotatable bonds is 5. The van der Waals surface area contributed by atoms with E-state index in [0.29, 0.717) is 6.54 Å². The molecule has 0 radical (unpaired) electrons. The summed E-state index contributed by atoms with van der Waals surface area (Å²) >= 11 is 1.66. The number of likely N-dealkylation sites (N-methyl/N-ethyl adjacent to an activating group) is 1. The molecule has 0 bridgehead atoms. The van der Waals surface area contributed by atoms with Crippen molar-refractivity contribution in [2.75, 3.05) is 20.6 Å². The highest BCUT2D eigenvalue weighted by Crippen LogP contribution is 2.19. The Morgan fingerprint density at radius 3 is 2.50 bits per heavy atom. The molecule has 7 heteroatoms. The second kappa shape index (κ2) is 9.58. The van der Waals surface area contributed by atoms with Gasteiger partial charge in [0, 0.05) is 6.54 Å². The summed E-state index contributed by atoms with van der Waals surface area (Å²) < 4.78 is 0. The first-order chi connectivity index (χ1) is 7.52. The Hall–Kier alpha value is -0.330. The fourth-order valence-electron chi connectivity index (χ4n) is 1.42. The topological polar surface area (TPSA) is 58.4 Å². The van der Waals surface area contributed by atoms with Gasteiger partial charge in [0.15, 0.2) is 0 Å². The van der Waals surface area contributed by atoms with Gasteiger partial charge < -0.3 is 16.0 Å². The lowest BCUT2D eigenvalue weighted by Crippen LogP contribution is -2.42. The van der Waals surface area contributed by atoms with Crippen LogP contribution < -0.4 is 11.1 Å². The Kier molecular flexibility index (Phi) is 10.6. The van der Waals surface area contributed by atoms with Gasteiger partial charge in [0.05, 0.1) is 12.1 Å². The van der Waals surface area contributed by atoms with Crippen molar-refractivity contribution in [3.8, 4) is 0 Å². The minimum absolute atomic E-state index is 0. The van der Waals surface area contributed by atoms with Gasteiger partial charge >= 0.3 is 0 Å². The smallest absolute Gasteiger partial charge is 0.236 e. The SMILES string of the molecule is CC(N)C(=O)NCC(c1ccsc1)N(C)C.Cl.Cl. The molecule has 106 valence electrons. The molecular weight excluding hydrogens is 293 g/mol. The van der Waals surface area contributed by atoms with Crippen molar-refractivity contribution in [2.24, 2.45) is 5.73 Å². The molecule has 0 fully saturated rings. The molecule has 0 spiro atoms. The van der Waals surface area contributed by atoms with E-state index in [0.717, 1.165) is 0 Å². The van der Waals surface area contributed by atoms with Crippen LogP contribution in [0.4, 0.5) is 0 Å². The quantitative estimate of drug-likeness (QED) is 0.869. The molecule has 1 aromatic rings. The van der Waals surface area contributed by atoms with Gasteiger partial charge in [0.25, 0.3) is 0 Å². The number of carbonyl (C=O) groups excluding carboxylic acids is 1. The summed E-state index contributed by atoms with van der Waals surface area (Å²) in [7, 11) is 4.00. The molecule has 0 saturated heterocycles. The van der Waals surface area contributed by atoms with Crippen LogP contribution >= 0.6 is 36.2 Å². The molecule has 0 saturated carbocycles. The minimum Gasteiger partial charge on any atom is -0.353 e. The third-order valence-corrected chi connectivity index (χ3v) is 3.14. The van der Waals surface area contributed by atoms with Crippen molar-refractivity contribution in [1.29, 1.82) is 0 Å². The zero-order valence-electron chi connectivity index (χ0n) is 10.8. The Morgan fingerprint density at radius 2 is 2.11 bits per heavy atom. The highest BCUT2D eigenvalue weighted by atomic mass is 35.5. The van der Waals surface area contributed by atoms with E-state index in [4.69, 9.17) is 5.73 Å². The second-order valence-corrected chi connectivity index (χ2v) is 4.85. The normalized spacial score (nSPS) is 13.2. The lowest BCUT2D eigenvalue weighted by Gasteiger charge is -2.24. The Morgan fingerprint density at radius 1 is 1.50 bits per heavy atom. The van der Waals surface area contributed by atoms with E-state index in [2.05, 4.69) is 21.7 Å². The first-order valence-electron chi connectivity index (χ1n) is 5.24. The van der Waals surface area contributed by atoms with Gasteiger partial charge in [-0.05, 0) is 43.4 Å². The summed E-state index contributed by atoms with van der Waals surface area (Å²) in [4.78, 5) is 13.5. The summed E-state index contributed by atoms with van der Waals surface area (Å²) in [6.07, 6.45) is 0. The van der Waals surface area contributed by atoms with Crippen molar-refractivity contribution < 1.29 is 4.79 Å². The van der Waals surface area contributed by atoms with Gasteiger partial charge in [-0.25, -0.2) is 0 Å². The maximum Gasteiger partial charge on any atom is 0.236 e. The molecule has 18 heavy (non-hydrogen) atoms. The number of hydrogen-bond donors (Lipinski definition) is 2. The molecule has 2 unspecified atom stereocenters. The van der Waals surface area contributed by atoms with E-state index in [1.54, 1.807) is 18.3 Å². The number of hydrogen-bond acceptors (Lipinski definition) is 4. The fourth-order valence-corrected chi connectivity index (χ4v) is 2.13. The number of halogens is 2. The zero-order chi connectivity index (χ0) is 12.1. The van der Waals surface area contributed by atoms with Crippen LogP contribution in [0.3, 0.4) is 0 Å². The molecular formula is C11H21Cl2N3OS. The average molecular weight is 314 g/mol. The molecule has 0 aliphatic rings. The van der Waals surface area contributed by atoms with Crippen LogP contribution in [0.5, 0.6) is 0 Å². The largest absolute Gasteiger partial charge is 0.353 e.